The van der Waals surface area contributed by atoms with Gasteiger partial charge < -0.3 is 14.6 Å². The van der Waals surface area contributed by atoms with Crippen molar-refractivity contribution in [1.82, 2.24) is 9.88 Å². The van der Waals surface area contributed by atoms with E-state index in [1.165, 1.54) is 7.11 Å². The second-order valence-corrected chi connectivity index (χ2v) is 7.16. The van der Waals surface area contributed by atoms with Crippen LogP contribution in [0.5, 0.6) is 0 Å². The van der Waals surface area contributed by atoms with Gasteiger partial charge in [-0.05, 0) is 36.8 Å². The fraction of sp³-hybridized carbons (Fsp3) is 0.667. The number of hydrogen-bond acceptors (Lipinski definition) is 4. The predicted octanol–water partition coefficient (Wildman–Crippen LogP) is 3.09. The summed E-state index contributed by atoms with van der Waals surface area (Å²) in [7, 11) is 1.29. The van der Waals surface area contributed by atoms with Crippen molar-refractivity contribution in [2.75, 3.05) is 7.11 Å². The first-order valence-corrected chi connectivity index (χ1v) is 9.96. The molecule has 1 atom stereocenters. The fourth-order valence-electron chi connectivity index (χ4n) is 3.16. The number of carbonyl (C=O) groups is 2. The zero-order chi connectivity index (χ0) is 20.6. The molecule has 0 aliphatic carbocycles. The van der Waals surface area contributed by atoms with Crippen LogP contribution < -0.4 is 10.9 Å². The molecule has 6 heteroatoms. The maximum Gasteiger partial charge on any atom is 0.328 e. The van der Waals surface area contributed by atoms with E-state index in [0.29, 0.717) is 6.54 Å². The van der Waals surface area contributed by atoms with Crippen molar-refractivity contribution < 1.29 is 14.3 Å². The molecule has 1 N–H and O–H groups in total. The molecule has 0 radical (unpaired) electrons. The summed E-state index contributed by atoms with van der Waals surface area (Å²) in [6.07, 6.45) is 4.32. The van der Waals surface area contributed by atoms with Gasteiger partial charge in [-0.1, -0.05) is 47.5 Å². The molecule has 0 saturated carbocycles. The first-order chi connectivity index (χ1) is 12.8. The zero-order valence-electron chi connectivity index (χ0n) is 17.6. The van der Waals surface area contributed by atoms with Gasteiger partial charge in [0.25, 0.3) is 11.5 Å². The molecule has 1 rings (SSSR count). The molecule has 0 fully saturated rings. The van der Waals surface area contributed by atoms with Crippen LogP contribution in [0.15, 0.2) is 10.9 Å². The summed E-state index contributed by atoms with van der Waals surface area (Å²) in [5.74, 6) is -1.18. The van der Waals surface area contributed by atoms with Crippen LogP contribution in [0.1, 0.15) is 75.5 Å². The minimum absolute atomic E-state index is 0.0948. The number of pyridine rings is 1. The number of aryl methyl sites for hydroxylation is 1. The molecule has 6 nitrogen and oxygen atoms in total. The van der Waals surface area contributed by atoms with Gasteiger partial charge in [-0.3, -0.25) is 9.59 Å². The van der Waals surface area contributed by atoms with E-state index in [9.17, 15) is 14.4 Å². The van der Waals surface area contributed by atoms with E-state index < -0.39 is 17.9 Å². The Morgan fingerprint density at radius 1 is 1.19 bits per heavy atom. The van der Waals surface area contributed by atoms with Crippen LogP contribution in [-0.2, 0) is 28.9 Å². The van der Waals surface area contributed by atoms with Crippen molar-refractivity contribution in [3.63, 3.8) is 0 Å². The molecule has 0 bridgehead atoms. The van der Waals surface area contributed by atoms with E-state index in [2.05, 4.69) is 19.2 Å². The number of ether oxygens (including phenoxy) is 1. The Morgan fingerprint density at radius 3 is 2.33 bits per heavy atom. The summed E-state index contributed by atoms with van der Waals surface area (Å²) in [6.45, 7) is 10.4. The van der Waals surface area contributed by atoms with Gasteiger partial charge in [-0.2, -0.15) is 0 Å². The Morgan fingerprint density at radius 2 is 1.85 bits per heavy atom. The lowest BCUT2D eigenvalue weighted by atomic mass is 10.0. The van der Waals surface area contributed by atoms with E-state index in [1.807, 2.05) is 20.8 Å². The summed E-state index contributed by atoms with van der Waals surface area (Å²) >= 11 is 0. The topological polar surface area (TPSA) is 77.4 Å². The Labute approximate surface area is 162 Å². The van der Waals surface area contributed by atoms with E-state index >= 15 is 0 Å². The molecular formula is C21H34N2O4. The maximum atomic E-state index is 13.1. The van der Waals surface area contributed by atoms with Gasteiger partial charge in [0.2, 0.25) is 0 Å². The van der Waals surface area contributed by atoms with Gasteiger partial charge in [-0.15, -0.1) is 0 Å². The lowest BCUT2D eigenvalue weighted by Crippen LogP contribution is -2.47. The summed E-state index contributed by atoms with van der Waals surface area (Å²) in [5, 5.41) is 2.68. The van der Waals surface area contributed by atoms with Gasteiger partial charge >= 0.3 is 5.97 Å². The molecule has 0 aliphatic heterocycles. The second kappa shape index (κ2) is 10.9. The van der Waals surface area contributed by atoms with Crippen molar-refractivity contribution in [2.24, 2.45) is 5.92 Å². The number of rotatable bonds is 10. The van der Waals surface area contributed by atoms with Crippen LogP contribution in [0.3, 0.4) is 0 Å². The van der Waals surface area contributed by atoms with E-state index in [0.717, 1.165) is 43.4 Å². The van der Waals surface area contributed by atoms with Crippen LogP contribution in [0, 0.1) is 5.92 Å². The van der Waals surface area contributed by atoms with Crippen molar-refractivity contribution >= 4 is 11.9 Å². The number of unbranched alkanes of at least 4 members (excludes halogenated alkanes) is 1. The molecule has 27 heavy (non-hydrogen) atoms. The number of aromatic nitrogens is 1. The minimum Gasteiger partial charge on any atom is -0.467 e. The van der Waals surface area contributed by atoms with Gasteiger partial charge in [0.1, 0.15) is 11.6 Å². The van der Waals surface area contributed by atoms with Gasteiger partial charge in [-0.25, -0.2) is 4.79 Å². The average Bonchev–Trinajstić information content (AvgIpc) is 2.65. The number of esters is 1. The SMILES string of the molecule is CCCCn1c(CCC)c(CC)cc(C(=O)N[C@H](C(=O)OC)C(C)C)c1=O. The Bertz CT molecular complexity index is 707. The van der Waals surface area contributed by atoms with Crippen LogP contribution in [0.4, 0.5) is 0 Å². The lowest BCUT2D eigenvalue weighted by molar-refractivity contribution is -0.144. The van der Waals surface area contributed by atoms with Crippen LogP contribution in [0.2, 0.25) is 0 Å². The summed E-state index contributed by atoms with van der Waals surface area (Å²) < 4.78 is 6.53. The Balaban J connectivity index is 3.39. The number of nitrogens with one attached hydrogen (secondary N) is 1. The third kappa shape index (κ3) is 5.68. The zero-order valence-corrected chi connectivity index (χ0v) is 17.6. The molecular weight excluding hydrogens is 344 g/mol. The highest BCUT2D eigenvalue weighted by molar-refractivity contribution is 5.96. The van der Waals surface area contributed by atoms with Gasteiger partial charge in [0.05, 0.1) is 7.11 Å². The summed E-state index contributed by atoms with van der Waals surface area (Å²) in [6, 6.07) is 0.908. The molecule has 1 amide bonds. The first-order valence-electron chi connectivity index (χ1n) is 9.96. The fourth-order valence-corrected chi connectivity index (χ4v) is 3.16. The number of methoxy groups -OCH3 is 1. The van der Waals surface area contributed by atoms with E-state index in [-0.39, 0.29) is 17.0 Å². The minimum atomic E-state index is -0.786. The molecule has 1 aromatic heterocycles. The Kier molecular flexibility index (Phi) is 9.26. The molecule has 152 valence electrons. The van der Waals surface area contributed by atoms with Gasteiger partial charge in [0, 0.05) is 12.2 Å². The lowest BCUT2D eigenvalue weighted by Gasteiger charge is -2.21. The van der Waals surface area contributed by atoms with E-state index in [1.54, 1.807) is 10.6 Å². The summed E-state index contributed by atoms with van der Waals surface area (Å²) in [5.41, 5.74) is 1.84. The number of amides is 1. The molecule has 0 saturated heterocycles. The molecule has 0 aromatic carbocycles. The highest BCUT2D eigenvalue weighted by Gasteiger charge is 2.27. The Hall–Kier alpha value is -2.11. The third-order valence-corrected chi connectivity index (χ3v) is 4.75. The highest BCUT2D eigenvalue weighted by Crippen LogP contribution is 2.14. The molecule has 0 aliphatic rings. The maximum absolute atomic E-state index is 13.1. The molecule has 1 heterocycles. The standard InChI is InChI=1S/C21H34N2O4/c1-7-10-12-23-17(11-8-2)15(9-3)13-16(20(23)25)19(24)22-18(14(4)5)21(26)27-6/h13-14,18H,7-12H2,1-6H3,(H,22,24)/t18-/m0/s1. The largest absolute Gasteiger partial charge is 0.467 e. The van der Waals surface area contributed by atoms with Crippen LogP contribution in [-0.4, -0.2) is 29.6 Å². The molecule has 1 aromatic rings. The van der Waals surface area contributed by atoms with Crippen molar-refractivity contribution in [2.45, 2.75) is 79.3 Å². The molecule has 0 spiro atoms. The van der Waals surface area contributed by atoms with Crippen molar-refractivity contribution in [3.8, 4) is 0 Å². The van der Waals surface area contributed by atoms with Crippen molar-refractivity contribution in [1.29, 1.82) is 0 Å². The normalized spacial score (nSPS) is 12.1. The second-order valence-electron chi connectivity index (χ2n) is 7.16. The van der Waals surface area contributed by atoms with E-state index in [4.69, 9.17) is 4.74 Å². The number of nitrogens with zero attached hydrogens (tertiary/aromatic N) is 1. The third-order valence-electron chi connectivity index (χ3n) is 4.75. The highest BCUT2D eigenvalue weighted by atomic mass is 16.5. The van der Waals surface area contributed by atoms with Crippen LogP contribution in [0.25, 0.3) is 0 Å². The monoisotopic (exact) mass is 378 g/mol. The summed E-state index contributed by atoms with van der Waals surface area (Å²) in [4.78, 5) is 37.8. The number of hydrogen-bond donors (Lipinski definition) is 1. The van der Waals surface area contributed by atoms with Crippen molar-refractivity contribution in [3.05, 3.63) is 33.2 Å². The van der Waals surface area contributed by atoms with Gasteiger partial charge in [0.15, 0.2) is 0 Å². The molecule has 0 unspecified atom stereocenters. The predicted molar refractivity (Wildman–Crippen MR) is 107 cm³/mol. The quantitative estimate of drug-likeness (QED) is 0.635. The van der Waals surface area contributed by atoms with Crippen LogP contribution >= 0.6 is 0 Å². The number of carbonyl (C=O) groups excluding carboxylic acids is 2. The first kappa shape index (κ1) is 22.9. The smallest absolute Gasteiger partial charge is 0.328 e. The average molecular weight is 379 g/mol.